The molecule has 0 aliphatic carbocycles. The van der Waals surface area contributed by atoms with Crippen molar-refractivity contribution in [2.75, 3.05) is 6.61 Å². The molecule has 0 unspecified atom stereocenters. The fraction of sp³-hybridized carbons (Fsp3) is 0.300. The van der Waals surface area contributed by atoms with E-state index in [1.807, 2.05) is 6.92 Å². The maximum atomic E-state index is 13.3. The first-order chi connectivity index (χ1) is 8.69. The molecule has 0 spiro atoms. The minimum absolute atomic E-state index is 0.0717. The Hall–Kier alpha value is -1.28. The van der Waals surface area contributed by atoms with Gasteiger partial charge in [-0.15, -0.1) is 5.10 Å². The molecule has 2 aromatic rings. The Morgan fingerprint density at radius 3 is 2.94 bits per heavy atom. The Balaban J connectivity index is 1.99. The number of halogens is 2. The number of rotatable bonds is 5. The van der Waals surface area contributed by atoms with Crippen molar-refractivity contribution in [3.05, 3.63) is 27.6 Å². The Morgan fingerprint density at radius 2 is 2.17 bits per heavy atom. The third kappa shape index (κ3) is 3.36. The highest BCUT2D eigenvalue weighted by Crippen LogP contribution is 2.21. The van der Waals surface area contributed by atoms with Crippen molar-refractivity contribution >= 4 is 27.3 Å². The molecule has 0 aromatic carbocycles. The number of hydrogen-bond donors (Lipinski definition) is 0. The summed E-state index contributed by atoms with van der Waals surface area (Å²) < 4.78 is 24.2. The molecule has 0 aliphatic heterocycles. The zero-order valence-electron chi connectivity index (χ0n) is 9.39. The van der Waals surface area contributed by atoms with Crippen LogP contribution < -0.4 is 9.47 Å². The number of ether oxygens (including phenoxy) is 2. The summed E-state index contributed by atoms with van der Waals surface area (Å²) in [6.07, 6.45) is 0. The van der Waals surface area contributed by atoms with E-state index >= 15 is 0 Å². The largest absolute Gasteiger partial charge is 0.469 e. The first kappa shape index (κ1) is 13.2. The van der Waals surface area contributed by atoms with Crippen LogP contribution >= 0.6 is 27.3 Å². The van der Waals surface area contributed by atoms with Crippen molar-refractivity contribution in [3.63, 3.8) is 0 Å². The van der Waals surface area contributed by atoms with E-state index in [1.165, 1.54) is 23.5 Å². The second kappa shape index (κ2) is 6.05. The molecule has 5 nitrogen and oxygen atoms in total. The standard InChI is InChI=1S/C10H9BrFN3O2S/c1-2-16-10-15-14-8(18-10)5-17-9-6(12)3-4-7(11)13-9/h3-4H,2,5H2,1H3. The van der Waals surface area contributed by atoms with Crippen molar-refractivity contribution in [3.8, 4) is 11.1 Å². The maximum absolute atomic E-state index is 13.3. The topological polar surface area (TPSA) is 57.1 Å². The summed E-state index contributed by atoms with van der Waals surface area (Å²) in [6, 6.07) is 2.78. The summed E-state index contributed by atoms with van der Waals surface area (Å²) in [5, 5.41) is 8.73. The molecule has 96 valence electrons. The van der Waals surface area contributed by atoms with Gasteiger partial charge < -0.3 is 9.47 Å². The zero-order valence-corrected chi connectivity index (χ0v) is 11.8. The van der Waals surface area contributed by atoms with E-state index in [4.69, 9.17) is 9.47 Å². The summed E-state index contributed by atoms with van der Waals surface area (Å²) in [5.74, 6) is -0.592. The molecule has 0 N–H and O–H groups in total. The molecule has 0 radical (unpaired) electrons. The molecule has 2 rings (SSSR count). The molecule has 0 bridgehead atoms. The van der Waals surface area contributed by atoms with E-state index in [9.17, 15) is 4.39 Å². The molecule has 2 heterocycles. The van der Waals surface area contributed by atoms with Gasteiger partial charge >= 0.3 is 0 Å². The predicted octanol–water partition coefficient (Wildman–Crippen LogP) is 2.81. The van der Waals surface area contributed by atoms with Gasteiger partial charge in [-0.3, -0.25) is 0 Å². The van der Waals surface area contributed by atoms with Gasteiger partial charge in [-0.25, -0.2) is 9.37 Å². The lowest BCUT2D eigenvalue weighted by molar-refractivity contribution is 0.275. The van der Waals surface area contributed by atoms with E-state index in [2.05, 4.69) is 31.1 Å². The van der Waals surface area contributed by atoms with Crippen molar-refractivity contribution in [2.45, 2.75) is 13.5 Å². The van der Waals surface area contributed by atoms with Crippen LogP contribution in [0.1, 0.15) is 11.9 Å². The number of hydrogen-bond acceptors (Lipinski definition) is 6. The van der Waals surface area contributed by atoms with E-state index in [-0.39, 0.29) is 12.5 Å². The summed E-state index contributed by atoms with van der Waals surface area (Å²) in [6.45, 7) is 2.49. The van der Waals surface area contributed by atoms with Crippen molar-refractivity contribution < 1.29 is 13.9 Å². The fourth-order valence-corrected chi connectivity index (χ4v) is 2.06. The smallest absolute Gasteiger partial charge is 0.294 e. The third-order valence-corrected chi connectivity index (χ3v) is 3.08. The summed E-state index contributed by atoms with van der Waals surface area (Å²) in [4.78, 5) is 3.88. The third-order valence-electron chi connectivity index (χ3n) is 1.83. The van der Waals surface area contributed by atoms with E-state index in [0.29, 0.717) is 21.4 Å². The predicted molar refractivity (Wildman–Crippen MR) is 67.3 cm³/mol. The van der Waals surface area contributed by atoms with Crippen LogP contribution in [0.2, 0.25) is 0 Å². The lowest BCUT2D eigenvalue weighted by Crippen LogP contribution is -1.99. The van der Waals surface area contributed by atoms with E-state index in [1.54, 1.807) is 0 Å². The van der Waals surface area contributed by atoms with Crippen LogP contribution in [0.15, 0.2) is 16.7 Å². The minimum Gasteiger partial charge on any atom is -0.469 e. The van der Waals surface area contributed by atoms with E-state index < -0.39 is 5.82 Å². The number of nitrogens with zero attached hydrogens (tertiary/aromatic N) is 3. The van der Waals surface area contributed by atoms with E-state index in [0.717, 1.165) is 0 Å². The highest BCUT2D eigenvalue weighted by atomic mass is 79.9. The molecule has 2 aromatic heterocycles. The first-order valence-corrected chi connectivity index (χ1v) is 6.70. The number of pyridine rings is 1. The van der Waals surface area contributed by atoms with Gasteiger partial charge in [0.2, 0.25) is 0 Å². The quantitative estimate of drug-likeness (QED) is 0.787. The van der Waals surface area contributed by atoms with Gasteiger partial charge in [0, 0.05) is 0 Å². The molecule has 0 aliphatic rings. The molecule has 18 heavy (non-hydrogen) atoms. The van der Waals surface area contributed by atoms with Crippen LogP contribution in [0.25, 0.3) is 0 Å². The van der Waals surface area contributed by atoms with Gasteiger partial charge in [0.25, 0.3) is 11.1 Å². The second-order valence-corrected chi connectivity index (χ2v) is 4.94. The van der Waals surface area contributed by atoms with Gasteiger partial charge in [-0.05, 0) is 35.0 Å². The Morgan fingerprint density at radius 1 is 1.33 bits per heavy atom. The molecular formula is C10H9BrFN3O2S. The summed E-state index contributed by atoms with van der Waals surface area (Å²) in [5.41, 5.74) is 0. The monoisotopic (exact) mass is 333 g/mol. The molecule has 0 saturated carbocycles. The van der Waals surface area contributed by atoms with Gasteiger partial charge in [-0.1, -0.05) is 16.4 Å². The highest BCUT2D eigenvalue weighted by Gasteiger charge is 2.09. The Kier molecular flexibility index (Phi) is 4.43. The zero-order chi connectivity index (χ0) is 13.0. The van der Waals surface area contributed by atoms with Gasteiger partial charge in [0.1, 0.15) is 11.2 Å². The van der Waals surface area contributed by atoms with Crippen molar-refractivity contribution in [2.24, 2.45) is 0 Å². The van der Waals surface area contributed by atoms with Crippen LogP contribution in [0.4, 0.5) is 4.39 Å². The molecule has 0 saturated heterocycles. The van der Waals surface area contributed by atoms with Crippen LogP contribution in [-0.4, -0.2) is 21.8 Å². The highest BCUT2D eigenvalue weighted by molar-refractivity contribution is 9.10. The number of aromatic nitrogens is 3. The average Bonchev–Trinajstić information content (AvgIpc) is 2.79. The van der Waals surface area contributed by atoms with Crippen molar-refractivity contribution in [1.82, 2.24) is 15.2 Å². The molecule has 0 fully saturated rings. The van der Waals surface area contributed by atoms with Crippen molar-refractivity contribution in [1.29, 1.82) is 0 Å². The average molecular weight is 334 g/mol. The Labute approximate surface area is 115 Å². The summed E-state index contributed by atoms with van der Waals surface area (Å²) >= 11 is 4.40. The SMILES string of the molecule is CCOc1nnc(COc2nc(Br)ccc2F)s1. The molecule has 0 atom stereocenters. The molecule has 0 amide bonds. The van der Waals surface area contributed by atoms with Gasteiger partial charge in [0.05, 0.1) is 6.61 Å². The van der Waals surface area contributed by atoms with Gasteiger partial charge in [0.15, 0.2) is 10.8 Å². The van der Waals surface area contributed by atoms with Crippen LogP contribution in [0, 0.1) is 5.82 Å². The summed E-state index contributed by atoms with van der Waals surface area (Å²) in [7, 11) is 0. The first-order valence-electron chi connectivity index (χ1n) is 5.09. The van der Waals surface area contributed by atoms with Crippen LogP contribution in [-0.2, 0) is 6.61 Å². The molecule has 8 heteroatoms. The maximum Gasteiger partial charge on any atom is 0.294 e. The minimum atomic E-state index is -0.521. The lowest BCUT2D eigenvalue weighted by Gasteiger charge is -2.03. The normalized spacial score (nSPS) is 10.4. The molecular weight excluding hydrogens is 325 g/mol. The lowest BCUT2D eigenvalue weighted by atomic mass is 10.5. The van der Waals surface area contributed by atoms with Crippen LogP contribution in [0.5, 0.6) is 11.1 Å². The van der Waals surface area contributed by atoms with Crippen LogP contribution in [0.3, 0.4) is 0 Å². The Bertz CT molecular complexity index is 538. The second-order valence-electron chi connectivity index (χ2n) is 3.10. The fourth-order valence-electron chi connectivity index (χ4n) is 1.11. The van der Waals surface area contributed by atoms with Gasteiger partial charge in [-0.2, -0.15) is 0 Å².